The van der Waals surface area contributed by atoms with Crippen LogP contribution in [0.15, 0.2) is 0 Å². The molecule has 0 spiro atoms. The van der Waals surface area contributed by atoms with Gasteiger partial charge < -0.3 is 14.7 Å². The first-order chi connectivity index (χ1) is 7.43. The molecule has 1 saturated carbocycles. The largest absolute Gasteiger partial charge is 0.481 e. The third-order valence-corrected chi connectivity index (χ3v) is 2.68. The van der Waals surface area contributed by atoms with Crippen molar-refractivity contribution in [2.24, 2.45) is 11.8 Å². The molecule has 2 atom stereocenters. The molecular weight excluding hydrogens is 210 g/mol. The Balaban J connectivity index is 2.25. The van der Waals surface area contributed by atoms with Crippen LogP contribution >= 0.6 is 0 Å². The number of ether oxygens (including phenoxy) is 1. The number of hydrogen-bond acceptors (Lipinski definition) is 3. The minimum Gasteiger partial charge on any atom is -0.481 e. The monoisotopic (exact) mass is 229 g/mol. The lowest BCUT2D eigenvalue weighted by Crippen LogP contribution is -2.32. The predicted molar refractivity (Wildman–Crippen MR) is 58.0 cm³/mol. The lowest BCUT2D eigenvalue weighted by atomic mass is 10.3. The van der Waals surface area contributed by atoms with Crippen LogP contribution in [0.3, 0.4) is 0 Å². The first-order valence-electron chi connectivity index (χ1n) is 5.53. The number of rotatable bonds is 6. The zero-order valence-electron chi connectivity index (χ0n) is 9.97. The van der Waals surface area contributed by atoms with E-state index in [1.54, 1.807) is 11.9 Å². The number of likely N-dealkylation sites (N-methyl/N-ethyl adjacent to an activating group) is 1. The highest BCUT2D eigenvalue weighted by Crippen LogP contribution is 2.39. The van der Waals surface area contributed by atoms with Crippen LogP contribution in [-0.2, 0) is 14.3 Å². The Kier molecular flexibility index (Phi) is 4.29. The van der Waals surface area contributed by atoms with E-state index in [1.165, 1.54) is 0 Å². The molecule has 0 radical (unpaired) electrons. The van der Waals surface area contributed by atoms with Gasteiger partial charge in [-0.1, -0.05) is 0 Å². The number of aliphatic carboxylic acids is 1. The molecule has 0 aromatic heterocycles. The van der Waals surface area contributed by atoms with Gasteiger partial charge in [-0.2, -0.15) is 0 Å². The van der Waals surface area contributed by atoms with Crippen LogP contribution in [0, 0.1) is 11.8 Å². The average molecular weight is 229 g/mol. The molecule has 0 aromatic rings. The molecule has 1 N–H and O–H groups in total. The zero-order valence-corrected chi connectivity index (χ0v) is 9.97. The first kappa shape index (κ1) is 13.0. The van der Waals surface area contributed by atoms with Gasteiger partial charge in [-0.25, -0.2) is 0 Å². The van der Waals surface area contributed by atoms with E-state index in [2.05, 4.69) is 0 Å². The molecule has 0 unspecified atom stereocenters. The van der Waals surface area contributed by atoms with E-state index in [4.69, 9.17) is 9.84 Å². The second-order valence-corrected chi connectivity index (χ2v) is 4.47. The number of hydrogen-bond donors (Lipinski definition) is 1. The molecule has 1 aliphatic rings. The molecule has 5 heteroatoms. The fourth-order valence-corrected chi connectivity index (χ4v) is 1.56. The van der Waals surface area contributed by atoms with Crippen molar-refractivity contribution < 1.29 is 19.4 Å². The fourth-order valence-electron chi connectivity index (χ4n) is 1.56. The third-order valence-electron chi connectivity index (χ3n) is 2.68. The quantitative estimate of drug-likeness (QED) is 0.724. The van der Waals surface area contributed by atoms with Gasteiger partial charge in [-0.3, -0.25) is 9.59 Å². The molecule has 92 valence electrons. The summed E-state index contributed by atoms with van der Waals surface area (Å²) >= 11 is 0. The predicted octanol–water partition coefficient (Wildman–Crippen LogP) is 0.590. The van der Waals surface area contributed by atoms with Crippen molar-refractivity contribution in [1.29, 1.82) is 0 Å². The summed E-state index contributed by atoms with van der Waals surface area (Å²) in [6.45, 7) is 4.87. The second kappa shape index (κ2) is 5.30. The maximum absolute atomic E-state index is 11.7. The number of carboxylic acid groups (broad SMARTS) is 1. The zero-order chi connectivity index (χ0) is 12.3. The van der Waals surface area contributed by atoms with Gasteiger partial charge in [0.15, 0.2) is 0 Å². The summed E-state index contributed by atoms with van der Waals surface area (Å²) in [5.41, 5.74) is 0. The van der Waals surface area contributed by atoms with Crippen LogP contribution in [-0.4, -0.2) is 48.2 Å². The van der Waals surface area contributed by atoms with E-state index in [9.17, 15) is 9.59 Å². The molecule has 5 nitrogen and oxygen atoms in total. The van der Waals surface area contributed by atoms with Gasteiger partial charge in [0.2, 0.25) is 5.91 Å². The Bertz CT molecular complexity index is 277. The summed E-state index contributed by atoms with van der Waals surface area (Å²) in [6.07, 6.45) is 0.625. The Morgan fingerprint density at radius 1 is 1.44 bits per heavy atom. The SMILES string of the molecule is CC(C)OCCN(C)C(=O)[C@@H]1C[C@@H]1C(=O)O. The van der Waals surface area contributed by atoms with E-state index in [1.807, 2.05) is 13.8 Å². The average Bonchev–Trinajstić information content (AvgIpc) is 2.95. The standard InChI is InChI=1S/C11H19NO4/c1-7(2)16-5-4-12(3)10(13)8-6-9(8)11(14)15/h7-9H,4-6H2,1-3H3,(H,14,15)/t8-,9+/m1/s1. The molecule has 0 bridgehead atoms. The van der Waals surface area contributed by atoms with Gasteiger partial charge in [0.25, 0.3) is 0 Å². The molecule has 0 heterocycles. The van der Waals surface area contributed by atoms with Gasteiger partial charge in [-0.15, -0.1) is 0 Å². The van der Waals surface area contributed by atoms with Crippen molar-refractivity contribution in [1.82, 2.24) is 4.90 Å². The molecule has 0 saturated heterocycles. The van der Waals surface area contributed by atoms with Crippen molar-refractivity contribution in [3.63, 3.8) is 0 Å². The summed E-state index contributed by atoms with van der Waals surface area (Å²) in [5.74, 6) is -1.74. The first-order valence-corrected chi connectivity index (χ1v) is 5.53. The number of carbonyl (C=O) groups excluding carboxylic acids is 1. The van der Waals surface area contributed by atoms with Crippen LogP contribution in [0.25, 0.3) is 0 Å². The maximum atomic E-state index is 11.7. The van der Waals surface area contributed by atoms with E-state index < -0.39 is 11.9 Å². The smallest absolute Gasteiger partial charge is 0.307 e. The second-order valence-electron chi connectivity index (χ2n) is 4.47. The molecule has 16 heavy (non-hydrogen) atoms. The summed E-state index contributed by atoms with van der Waals surface area (Å²) in [6, 6.07) is 0. The Labute approximate surface area is 95.4 Å². The Morgan fingerprint density at radius 3 is 2.50 bits per heavy atom. The lowest BCUT2D eigenvalue weighted by molar-refractivity contribution is -0.141. The highest BCUT2D eigenvalue weighted by atomic mass is 16.5. The van der Waals surface area contributed by atoms with Gasteiger partial charge in [0.1, 0.15) is 0 Å². The van der Waals surface area contributed by atoms with E-state index >= 15 is 0 Å². The Morgan fingerprint density at radius 2 is 2.06 bits per heavy atom. The molecule has 1 rings (SSSR count). The summed E-state index contributed by atoms with van der Waals surface area (Å²) in [4.78, 5) is 23.9. The number of amides is 1. The topological polar surface area (TPSA) is 66.8 Å². The van der Waals surface area contributed by atoms with Gasteiger partial charge in [0, 0.05) is 13.6 Å². The molecule has 1 aliphatic carbocycles. The highest BCUT2D eigenvalue weighted by molar-refractivity contribution is 5.89. The Hall–Kier alpha value is -1.10. The van der Waals surface area contributed by atoms with Crippen molar-refractivity contribution in [3.05, 3.63) is 0 Å². The van der Waals surface area contributed by atoms with Crippen LogP contribution in [0.2, 0.25) is 0 Å². The van der Waals surface area contributed by atoms with Crippen molar-refractivity contribution in [3.8, 4) is 0 Å². The summed E-state index contributed by atoms with van der Waals surface area (Å²) < 4.78 is 5.33. The van der Waals surface area contributed by atoms with Crippen molar-refractivity contribution >= 4 is 11.9 Å². The van der Waals surface area contributed by atoms with Crippen LogP contribution in [0.5, 0.6) is 0 Å². The number of nitrogens with zero attached hydrogens (tertiary/aromatic N) is 1. The van der Waals surface area contributed by atoms with Gasteiger partial charge >= 0.3 is 5.97 Å². The lowest BCUT2D eigenvalue weighted by Gasteiger charge is -2.17. The van der Waals surface area contributed by atoms with E-state index in [-0.39, 0.29) is 17.9 Å². The number of carbonyl (C=O) groups is 2. The molecule has 0 aliphatic heterocycles. The van der Waals surface area contributed by atoms with Crippen LogP contribution in [0.4, 0.5) is 0 Å². The van der Waals surface area contributed by atoms with Crippen LogP contribution in [0.1, 0.15) is 20.3 Å². The minimum absolute atomic E-state index is 0.0836. The molecule has 0 aromatic carbocycles. The third kappa shape index (κ3) is 3.48. The molecular formula is C11H19NO4. The minimum atomic E-state index is -0.870. The van der Waals surface area contributed by atoms with Crippen LogP contribution < -0.4 is 0 Å². The highest BCUT2D eigenvalue weighted by Gasteiger charge is 2.49. The normalized spacial score (nSPS) is 23.2. The maximum Gasteiger partial charge on any atom is 0.307 e. The fraction of sp³-hybridized carbons (Fsp3) is 0.818. The van der Waals surface area contributed by atoms with Crippen molar-refractivity contribution in [2.45, 2.75) is 26.4 Å². The summed E-state index contributed by atoms with van der Waals surface area (Å²) in [5, 5.41) is 8.71. The van der Waals surface area contributed by atoms with E-state index in [0.717, 1.165) is 0 Å². The molecule has 1 amide bonds. The summed E-state index contributed by atoms with van der Waals surface area (Å²) in [7, 11) is 1.68. The van der Waals surface area contributed by atoms with E-state index in [0.29, 0.717) is 19.6 Å². The van der Waals surface area contributed by atoms with Gasteiger partial charge in [0.05, 0.1) is 24.5 Å². The molecule has 1 fully saturated rings. The number of carboxylic acids is 1. The van der Waals surface area contributed by atoms with Crippen molar-refractivity contribution in [2.75, 3.05) is 20.2 Å². The van der Waals surface area contributed by atoms with Gasteiger partial charge in [-0.05, 0) is 20.3 Å².